The molecule has 1 fully saturated rings. The smallest absolute Gasteiger partial charge is 0.172 e. The van der Waals surface area contributed by atoms with Crippen LogP contribution in [0.3, 0.4) is 0 Å². The highest BCUT2D eigenvalue weighted by Gasteiger charge is 2.45. The molecule has 4 atom stereocenters. The second-order valence-corrected chi connectivity index (χ2v) is 7.78. The molecule has 3 aromatic heterocycles. The molecule has 0 aliphatic carbocycles. The molecule has 1 aliphatic rings. The quantitative estimate of drug-likeness (QED) is 0.415. The number of nitrogens with zero attached hydrogens (tertiary/aromatic N) is 5. The number of thioether (sulfide) groups is 1. The molecule has 0 bridgehead atoms. The van der Waals surface area contributed by atoms with Gasteiger partial charge in [0.1, 0.15) is 24.6 Å². The van der Waals surface area contributed by atoms with Crippen molar-refractivity contribution in [3.8, 4) is 0 Å². The Hall–Kier alpha value is -2.50. The molecular formula is C19H19N5O4S. The fourth-order valence-electron chi connectivity index (χ4n) is 3.53. The van der Waals surface area contributed by atoms with E-state index in [-0.39, 0.29) is 0 Å². The minimum Gasteiger partial charge on any atom is -0.394 e. The number of benzene rings is 1. The topological polar surface area (TPSA) is 118 Å². The van der Waals surface area contributed by atoms with Crippen molar-refractivity contribution in [2.24, 2.45) is 0 Å². The normalized spacial score (nSPS) is 24.7. The number of aliphatic hydroxyl groups is 3. The monoisotopic (exact) mass is 413 g/mol. The van der Waals surface area contributed by atoms with Gasteiger partial charge < -0.3 is 20.1 Å². The third-order valence-electron chi connectivity index (χ3n) is 5.02. The second-order valence-electron chi connectivity index (χ2n) is 6.84. The standard InChI is InChI=1S/C19H19N5O4S/c25-8-12-14(26)15(27)18(28-12)24-17-13(16-20-6-7-23(16)10-21-17)22-19(24)29-9-11-4-2-1-3-5-11/h1-7,10,12,14-15,18,25-27H,8-9H2/t12-,14-,15-,18-/m1/s1. The number of aromatic nitrogens is 5. The Kier molecular flexibility index (Phi) is 4.72. The summed E-state index contributed by atoms with van der Waals surface area (Å²) in [5, 5.41) is 30.9. The van der Waals surface area contributed by atoms with Crippen LogP contribution in [0.2, 0.25) is 0 Å². The predicted molar refractivity (Wildman–Crippen MR) is 105 cm³/mol. The Morgan fingerprint density at radius 3 is 2.66 bits per heavy atom. The van der Waals surface area contributed by atoms with E-state index in [2.05, 4.69) is 9.97 Å². The Morgan fingerprint density at radius 1 is 1.07 bits per heavy atom. The highest BCUT2D eigenvalue weighted by Crippen LogP contribution is 2.37. The van der Waals surface area contributed by atoms with Crippen LogP contribution < -0.4 is 0 Å². The number of fused-ring (bicyclic) bond motifs is 3. The van der Waals surface area contributed by atoms with Crippen molar-refractivity contribution >= 4 is 28.6 Å². The van der Waals surface area contributed by atoms with E-state index >= 15 is 0 Å². The van der Waals surface area contributed by atoms with Crippen LogP contribution in [0.4, 0.5) is 0 Å². The van der Waals surface area contributed by atoms with Crippen LogP contribution in [0.15, 0.2) is 54.2 Å². The number of rotatable bonds is 5. The van der Waals surface area contributed by atoms with E-state index in [0.717, 1.165) is 5.56 Å². The molecule has 3 N–H and O–H groups in total. The SMILES string of the molecule is OC[C@H]1O[C@@H](n2c(SCc3ccccc3)nc3c2ncn2ccnc32)[C@H](O)[C@@H]1O. The third-order valence-corrected chi connectivity index (χ3v) is 6.04. The maximum atomic E-state index is 10.6. The van der Waals surface area contributed by atoms with Crippen LogP contribution in [0.1, 0.15) is 11.8 Å². The number of hydrogen-bond donors (Lipinski definition) is 3. The summed E-state index contributed by atoms with van der Waals surface area (Å²) in [7, 11) is 0. The summed E-state index contributed by atoms with van der Waals surface area (Å²) in [5.41, 5.74) is 2.83. The Morgan fingerprint density at radius 2 is 1.90 bits per heavy atom. The maximum absolute atomic E-state index is 10.6. The zero-order valence-corrected chi connectivity index (χ0v) is 16.1. The minimum absolute atomic E-state index is 0.397. The number of aliphatic hydroxyl groups excluding tert-OH is 3. The van der Waals surface area contributed by atoms with Crippen molar-refractivity contribution in [1.29, 1.82) is 0 Å². The van der Waals surface area contributed by atoms with E-state index in [9.17, 15) is 15.3 Å². The molecule has 5 rings (SSSR count). The summed E-state index contributed by atoms with van der Waals surface area (Å²) in [5.74, 6) is 0.656. The molecule has 0 spiro atoms. The van der Waals surface area contributed by atoms with Crippen molar-refractivity contribution in [3.05, 3.63) is 54.6 Å². The Labute approximate surface area is 169 Å². The predicted octanol–water partition coefficient (Wildman–Crippen LogP) is 0.983. The second kappa shape index (κ2) is 7.39. The van der Waals surface area contributed by atoms with Gasteiger partial charge in [-0.2, -0.15) is 0 Å². The van der Waals surface area contributed by atoms with E-state index < -0.39 is 31.1 Å². The van der Waals surface area contributed by atoms with Gasteiger partial charge in [-0.05, 0) is 5.56 Å². The molecule has 9 nitrogen and oxygen atoms in total. The van der Waals surface area contributed by atoms with Gasteiger partial charge >= 0.3 is 0 Å². The molecule has 4 aromatic rings. The molecule has 10 heteroatoms. The van der Waals surface area contributed by atoms with Gasteiger partial charge in [0.05, 0.1) is 6.61 Å². The average molecular weight is 413 g/mol. The van der Waals surface area contributed by atoms with Crippen LogP contribution in [0, 0.1) is 0 Å². The Bertz CT molecular complexity index is 1150. The molecule has 150 valence electrons. The lowest BCUT2D eigenvalue weighted by Gasteiger charge is -2.19. The largest absolute Gasteiger partial charge is 0.394 e. The molecule has 29 heavy (non-hydrogen) atoms. The fourth-order valence-corrected chi connectivity index (χ4v) is 4.50. The molecule has 1 aromatic carbocycles. The first-order valence-electron chi connectivity index (χ1n) is 9.16. The number of ether oxygens (including phenoxy) is 1. The van der Waals surface area contributed by atoms with Gasteiger partial charge in [0.2, 0.25) is 0 Å². The van der Waals surface area contributed by atoms with Crippen LogP contribution in [0.25, 0.3) is 16.8 Å². The van der Waals surface area contributed by atoms with Gasteiger partial charge in [-0.15, -0.1) is 0 Å². The highest BCUT2D eigenvalue weighted by molar-refractivity contribution is 7.98. The first-order valence-corrected chi connectivity index (χ1v) is 10.1. The van der Waals surface area contributed by atoms with Gasteiger partial charge in [0.15, 0.2) is 28.2 Å². The molecular weight excluding hydrogens is 394 g/mol. The van der Waals surface area contributed by atoms with Crippen LogP contribution in [-0.2, 0) is 10.5 Å². The van der Waals surface area contributed by atoms with Gasteiger partial charge in [0.25, 0.3) is 0 Å². The van der Waals surface area contributed by atoms with Crippen molar-refractivity contribution < 1.29 is 20.1 Å². The van der Waals surface area contributed by atoms with E-state index in [4.69, 9.17) is 9.72 Å². The van der Waals surface area contributed by atoms with E-state index in [1.165, 1.54) is 11.8 Å². The van der Waals surface area contributed by atoms with Crippen molar-refractivity contribution in [2.75, 3.05) is 6.61 Å². The van der Waals surface area contributed by atoms with E-state index in [1.54, 1.807) is 27.7 Å². The summed E-state index contributed by atoms with van der Waals surface area (Å²) in [6.45, 7) is -0.397. The number of hydrogen-bond acceptors (Lipinski definition) is 8. The van der Waals surface area contributed by atoms with Crippen LogP contribution in [-0.4, -0.2) is 64.2 Å². The summed E-state index contributed by atoms with van der Waals surface area (Å²) in [6.07, 6.45) is 0.839. The molecule has 0 saturated carbocycles. The molecule has 1 saturated heterocycles. The van der Waals surface area contributed by atoms with Gasteiger partial charge in [-0.3, -0.25) is 8.97 Å². The minimum atomic E-state index is -1.22. The van der Waals surface area contributed by atoms with Crippen LogP contribution in [0.5, 0.6) is 0 Å². The van der Waals surface area contributed by atoms with E-state index in [0.29, 0.717) is 27.7 Å². The third kappa shape index (κ3) is 3.09. The summed E-state index contributed by atoms with van der Waals surface area (Å²) < 4.78 is 9.21. The fraction of sp³-hybridized carbons (Fsp3) is 0.316. The molecule has 4 heterocycles. The van der Waals surface area contributed by atoms with Crippen molar-refractivity contribution in [1.82, 2.24) is 23.9 Å². The molecule has 0 radical (unpaired) electrons. The lowest BCUT2D eigenvalue weighted by atomic mass is 10.1. The number of imidazole rings is 2. The average Bonchev–Trinajstić information content (AvgIpc) is 3.43. The van der Waals surface area contributed by atoms with Gasteiger partial charge in [-0.25, -0.2) is 15.0 Å². The lowest BCUT2D eigenvalue weighted by Crippen LogP contribution is -2.33. The highest BCUT2D eigenvalue weighted by atomic mass is 32.2. The van der Waals surface area contributed by atoms with Crippen molar-refractivity contribution in [3.63, 3.8) is 0 Å². The van der Waals surface area contributed by atoms with Crippen LogP contribution >= 0.6 is 11.8 Å². The summed E-state index contributed by atoms with van der Waals surface area (Å²) in [4.78, 5) is 13.6. The molecule has 0 unspecified atom stereocenters. The first kappa shape index (κ1) is 18.5. The summed E-state index contributed by atoms with van der Waals surface area (Å²) in [6, 6.07) is 9.96. The van der Waals surface area contributed by atoms with Gasteiger partial charge in [0, 0.05) is 18.1 Å². The molecule has 1 aliphatic heterocycles. The lowest BCUT2D eigenvalue weighted by molar-refractivity contribution is -0.0548. The summed E-state index contributed by atoms with van der Waals surface area (Å²) >= 11 is 1.48. The maximum Gasteiger partial charge on any atom is 0.172 e. The first-order chi connectivity index (χ1) is 14.2. The zero-order chi connectivity index (χ0) is 20.0. The van der Waals surface area contributed by atoms with Crippen molar-refractivity contribution in [2.45, 2.75) is 35.4 Å². The van der Waals surface area contributed by atoms with Gasteiger partial charge in [-0.1, -0.05) is 42.1 Å². The van der Waals surface area contributed by atoms with E-state index in [1.807, 2.05) is 30.3 Å². The zero-order valence-electron chi connectivity index (χ0n) is 15.2. The molecule has 0 amide bonds. The Balaban J connectivity index is 1.61.